The highest BCUT2D eigenvalue weighted by Crippen LogP contribution is 2.18. The van der Waals surface area contributed by atoms with Crippen LogP contribution in [0, 0.1) is 0 Å². The number of hydrogen-bond acceptors (Lipinski definition) is 1. The Morgan fingerprint density at radius 3 is 1.70 bits per heavy atom. The highest BCUT2D eigenvalue weighted by atomic mass is 16.3. The highest BCUT2D eigenvalue weighted by Gasteiger charge is 1.98. The van der Waals surface area contributed by atoms with Crippen molar-refractivity contribution in [3.8, 4) is 5.75 Å². The Morgan fingerprint density at radius 1 is 0.704 bits per heavy atom. The minimum atomic E-state index is 0.390. The molecule has 0 bridgehead atoms. The van der Waals surface area contributed by atoms with Gasteiger partial charge in [-0.25, -0.2) is 0 Å². The van der Waals surface area contributed by atoms with Crippen LogP contribution in [0.3, 0.4) is 0 Å². The number of phenolic OH excluding ortho intramolecular Hbond substituents is 1. The molecule has 1 aromatic carbocycles. The molecule has 1 aromatic rings. The van der Waals surface area contributed by atoms with Crippen LogP contribution in [0.15, 0.2) is 70.9 Å². The fourth-order valence-corrected chi connectivity index (χ4v) is 2.95. The monoisotopic (exact) mass is 366 g/mol. The molecule has 0 unspecified atom stereocenters. The number of allylic oxidation sites excluding steroid dienone is 8. The third kappa shape index (κ3) is 11.3. The molecule has 0 saturated carbocycles. The van der Waals surface area contributed by atoms with E-state index >= 15 is 0 Å². The Hall–Kier alpha value is -2.02. The molecule has 0 radical (unpaired) electrons. The molecule has 27 heavy (non-hydrogen) atoms. The van der Waals surface area contributed by atoms with Gasteiger partial charge in [-0.05, 0) is 91.2 Å². The second-order valence-corrected chi connectivity index (χ2v) is 7.88. The van der Waals surface area contributed by atoms with Crippen molar-refractivity contribution in [2.24, 2.45) is 0 Å². The lowest BCUT2D eigenvalue weighted by molar-refractivity contribution is 0.469. The molecule has 0 aromatic heterocycles. The van der Waals surface area contributed by atoms with Crippen LogP contribution < -0.4 is 0 Å². The Kier molecular flexibility index (Phi) is 11.2. The summed E-state index contributed by atoms with van der Waals surface area (Å²) in [7, 11) is 0. The molecule has 0 amide bonds. The van der Waals surface area contributed by atoms with E-state index in [0.29, 0.717) is 5.75 Å². The van der Waals surface area contributed by atoms with E-state index in [9.17, 15) is 5.11 Å². The molecule has 1 rings (SSSR count). The number of hydrogen-bond donors (Lipinski definition) is 1. The molecule has 0 heterocycles. The van der Waals surface area contributed by atoms with Gasteiger partial charge in [0.1, 0.15) is 5.75 Å². The molecular formula is C26H38O. The molecule has 0 saturated heterocycles. The average Bonchev–Trinajstić information content (AvgIpc) is 2.60. The minimum Gasteiger partial charge on any atom is -0.508 e. The molecular weight excluding hydrogens is 328 g/mol. The van der Waals surface area contributed by atoms with Crippen molar-refractivity contribution in [2.45, 2.75) is 79.6 Å². The number of phenols is 1. The van der Waals surface area contributed by atoms with Gasteiger partial charge in [0.15, 0.2) is 0 Å². The molecule has 1 nitrogen and oxygen atoms in total. The molecule has 0 atom stereocenters. The zero-order valence-corrected chi connectivity index (χ0v) is 18.0. The summed E-state index contributed by atoms with van der Waals surface area (Å²) in [6.07, 6.45) is 16.9. The normalized spacial score (nSPS) is 13.0. The second kappa shape index (κ2) is 13.2. The summed E-state index contributed by atoms with van der Waals surface area (Å²) < 4.78 is 0. The highest BCUT2D eigenvalue weighted by molar-refractivity contribution is 5.33. The molecule has 1 heteroatoms. The van der Waals surface area contributed by atoms with E-state index in [2.05, 4.69) is 58.9 Å². The summed E-state index contributed by atoms with van der Waals surface area (Å²) in [6, 6.07) is 7.57. The summed E-state index contributed by atoms with van der Waals surface area (Å²) in [5, 5.41) is 9.82. The van der Waals surface area contributed by atoms with Crippen molar-refractivity contribution in [1.29, 1.82) is 0 Å². The van der Waals surface area contributed by atoms with Gasteiger partial charge in [0.05, 0.1) is 0 Å². The predicted molar refractivity (Wildman–Crippen MR) is 120 cm³/mol. The van der Waals surface area contributed by atoms with Crippen molar-refractivity contribution in [1.82, 2.24) is 0 Å². The number of rotatable bonds is 11. The third-order valence-electron chi connectivity index (χ3n) is 4.82. The van der Waals surface area contributed by atoms with Crippen molar-refractivity contribution in [3.05, 3.63) is 76.4 Å². The lowest BCUT2D eigenvalue weighted by atomic mass is 10.0. The van der Waals surface area contributed by atoms with E-state index in [1.807, 2.05) is 18.2 Å². The fourth-order valence-electron chi connectivity index (χ4n) is 2.95. The SMILES string of the molecule is CC(C)=CCC/C(C)=C/CC/C(C)=C/CC/C(C)=C/Cc1ccccc1O. The van der Waals surface area contributed by atoms with Crippen LogP contribution >= 0.6 is 0 Å². The van der Waals surface area contributed by atoms with Crippen molar-refractivity contribution in [3.63, 3.8) is 0 Å². The van der Waals surface area contributed by atoms with Crippen LogP contribution in [-0.4, -0.2) is 5.11 Å². The minimum absolute atomic E-state index is 0.390. The van der Waals surface area contributed by atoms with Gasteiger partial charge in [-0.3, -0.25) is 0 Å². The molecule has 0 aliphatic heterocycles. The smallest absolute Gasteiger partial charge is 0.119 e. The van der Waals surface area contributed by atoms with Gasteiger partial charge in [0, 0.05) is 0 Å². The first kappa shape index (κ1) is 23.0. The summed E-state index contributed by atoms with van der Waals surface area (Å²) in [4.78, 5) is 0. The first-order valence-corrected chi connectivity index (χ1v) is 10.3. The summed E-state index contributed by atoms with van der Waals surface area (Å²) in [6.45, 7) is 11.0. The summed E-state index contributed by atoms with van der Waals surface area (Å²) in [5.41, 5.74) is 6.78. The topological polar surface area (TPSA) is 20.2 Å². The molecule has 148 valence electrons. The molecule has 0 aliphatic carbocycles. The molecule has 1 N–H and O–H groups in total. The second-order valence-electron chi connectivity index (χ2n) is 7.88. The molecule has 0 spiro atoms. The van der Waals surface area contributed by atoms with E-state index in [-0.39, 0.29) is 0 Å². The fraction of sp³-hybridized carbons (Fsp3) is 0.462. The third-order valence-corrected chi connectivity index (χ3v) is 4.82. The van der Waals surface area contributed by atoms with E-state index < -0.39 is 0 Å². The van der Waals surface area contributed by atoms with Crippen LogP contribution in [0.5, 0.6) is 5.75 Å². The van der Waals surface area contributed by atoms with Crippen LogP contribution in [0.2, 0.25) is 0 Å². The lowest BCUT2D eigenvalue weighted by Crippen LogP contribution is -1.85. The Morgan fingerprint density at radius 2 is 1.19 bits per heavy atom. The lowest BCUT2D eigenvalue weighted by Gasteiger charge is -2.04. The summed E-state index contributed by atoms with van der Waals surface area (Å²) in [5.74, 6) is 0.390. The largest absolute Gasteiger partial charge is 0.508 e. The maximum absolute atomic E-state index is 9.82. The predicted octanol–water partition coefficient (Wildman–Crippen LogP) is 8.08. The van der Waals surface area contributed by atoms with Gasteiger partial charge in [-0.15, -0.1) is 0 Å². The van der Waals surface area contributed by atoms with Crippen molar-refractivity contribution in [2.75, 3.05) is 0 Å². The van der Waals surface area contributed by atoms with E-state index in [4.69, 9.17) is 0 Å². The van der Waals surface area contributed by atoms with Gasteiger partial charge in [-0.2, -0.15) is 0 Å². The number of benzene rings is 1. The number of para-hydroxylation sites is 1. The van der Waals surface area contributed by atoms with Crippen molar-refractivity contribution >= 4 is 0 Å². The Labute approximate surface area is 167 Å². The zero-order valence-electron chi connectivity index (χ0n) is 18.0. The molecule has 0 fully saturated rings. The first-order valence-electron chi connectivity index (χ1n) is 10.3. The van der Waals surface area contributed by atoms with Gasteiger partial charge in [-0.1, -0.05) is 64.8 Å². The van der Waals surface area contributed by atoms with E-state index in [1.165, 1.54) is 28.7 Å². The van der Waals surface area contributed by atoms with Crippen LogP contribution in [0.1, 0.15) is 78.7 Å². The maximum Gasteiger partial charge on any atom is 0.119 e. The standard InChI is InChI=1S/C26H38O/c1-21(2)11-8-12-22(3)13-9-14-23(4)15-10-16-24(5)19-20-25-17-6-7-18-26(25)27/h6-7,11,13,15,17-19,27H,8-10,12,14,16,20H2,1-5H3/b22-13+,23-15+,24-19+. The Bertz CT molecular complexity index is 682. The zero-order chi connectivity index (χ0) is 20.1. The van der Waals surface area contributed by atoms with E-state index in [0.717, 1.165) is 44.1 Å². The van der Waals surface area contributed by atoms with Crippen molar-refractivity contribution < 1.29 is 5.11 Å². The van der Waals surface area contributed by atoms with Gasteiger partial charge >= 0.3 is 0 Å². The summed E-state index contributed by atoms with van der Waals surface area (Å²) >= 11 is 0. The number of aromatic hydroxyl groups is 1. The maximum atomic E-state index is 9.82. The average molecular weight is 367 g/mol. The van der Waals surface area contributed by atoms with Gasteiger partial charge in [0.25, 0.3) is 0 Å². The Balaban J connectivity index is 2.30. The van der Waals surface area contributed by atoms with Gasteiger partial charge < -0.3 is 5.11 Å². The first-order chi connectivity index (χ1) is 12.9. The van der Waals surface area contributed by atoms with E-state index in [1.54, 1.807) is 6.07 Å². The van der Waals surface area contributed by atoms with Crippen LogP contribution in [-0.2, 0) is 6.42 Å². The quantitative estimate of drug-likeness (QED) is 0.392. The van der Waals surface area contributed by atoms with Crippen LogP contribution in [0.25, 0.3) is 0 Å². The van der Waals surface area contributed by atoms with Crippen LogP contribution in [0.4, 0.5) is 0 Å². The van der Waals surface area contributed by atoms with Gasteiger partial charge in [0.2, 0.25) is 0 Å². The molecule has 0 aliphatic rings.